The normalized spacial score (nSPS) is 15.6. The second kappa shape index (κ2) is 9.87. The fourth-order valence-electron chi connectivity index (χ4n) is 3.85. The minimum atomic E-state index is -0.680. The Morgan fingerprint density at radius 2 is 1.85 bits per heavy atom. The van der Waals surface area contributed by atoms with Crippen LogP contribution in [-0.4, -0.2) is 31.4 Å². The van der Waals surface area contributed by atoms with Crippen molar-refractivity contribution in [1.29, 1.82) is 0 Å². The van der Waals surface area contributed by atoms with E-state index in [2.05, 4.69) is 4.99 Å². The Bertz CT molecular complexity index is 1450. The molecule has 34 heavy (non-hydrogen) atoms. The maximum atomic E-state index is 13.6. The highest BCUT2D eigenvalue weighted by Crippen LogP contribution is 2.31. The Balaban J connectivity index is 1.92. The van der Waals surface area contributed by atoms with Gasteiger partial charge in [0.15, 0.2) is 16.3 Å². The summed E-state index contributed by atoms with van der Waals surface area (Å²) in [6.07, 6.45) is 1.77. The van der Waals surface area contributed by atoms with Gasteiger partial charge in [0.2, 0.25) is 0 Å². The summed E-state index contributed by atoms with van der Waals surface area (Å²) in [7, 11) is 3.12. The summed E-state index contributed by atoms with van der Waals surface area (Å²) in [5.41, 5.74) is 2.09. The topological polar surface area (TPSA) is 79.1 Å². The minimum absolute atomic E-state index is 0.215. The van der Waals surface area contributed by atoms with Crippen molar-refractivity contribution in [1.82, 2.24) is 4.57 Å². The average molecular weight is 499 g/mol. The van der Waals surface area contributed by atoms with Gasteiger partial charge in [-0.25, -0.2) is 9.79 Å². The highest BCUT2D eigenvalue weighted by atomic mass is 35.5. The smallest absolute Gasteiger partial charge is 0.338 e. The molecule has 0 amide bonds. The zero-order valence-corrected chi connectivity index (χ0v) is 20.7. The molecule has 0 fully saturated rings. The van der Waals surface area contributed by atoms with Crippen LogP contribution in [0.25, 0.3) is 6.08 Å². The van der Waals surface area contributed by atoms with Crippen LogP contribution >= 0.6 is 22.9 Å². The maximum absolute atomic E-state index is 13.6. The molecule has 0 saturated heterocycles. The lowest BCUT2D eigenvalue weighted by Crippen LogP contribution is -2.39. The molecule has 176 valence electrons. The van der Waals surface area contributed by atoms with Gasteiger partial charge in [-0.15, -0.1) is 0 Å². The number of carbonyl (C=O) groups excluding carboxylic acids is 1. The molecule has 0 spiro atoms. The number of esters is 1. The van der Waals surface area contributed by atoms with Gasteiger partial charge in [-0.3, -0.25) is 9.36 Å². The number of benzene rings is 2. The number of hydrogen-bond acceptors (Lipinski definition) is 7. The number of methoxy groups -OCH3 is 2. The van der Waals surface area contributed by atoms with Crippen LogP contribution in [0.5, 0.6) is 11.5 Å². The molecule has 1 aliphatic heterocycles. The standard InChI is InChI=1S/C25H23ClN2O5S/c1-5-33-24(30)21-14(2)27-25-28(22(21)16-7-9-17(26)10-8-16)23(29)20(34-25)13-15-6-11-18(31-3)19(12-15)32-4/h6-13,22H,5H2,1-4H3/b20-13+/t22-/m0/s1. The third-order valence-corrected chi connectivity index (χ3v) is 6.64. The fraction of sp³-hybridized carbons (Fsp3) is 0.240. The lowest BCUT2D eigenvalue weighted by molar-refractivity contribution is -0.139. The fourth-order valence-corrected chi connectivity index (χ4v) is 5.02. The van der Waals surface area contributed by atoms with E-state index in [0.717, 1.165) is 11.1 Å². The van der Waals surface area contributed by atoms with E-state index in [1.807, 2.05) is 6.07 Å². The second-order valence-corrected chi connectivity index (χ2v) is 8.91. The Kier molecular flexibility index (Phi) is 6.90. The zero-order valence-electron chi connectivity index (χ0n) is 19.1. The molecule has 0 saturated carbocycles. The van der Waals surface area contributed by atoms with Gasteiger partial charge >= 0.3 is 5.97 Å². The zero-order chi connectivity index (χ0) is 24.4. The van der Waals surface area contributed by atoms with E-state index in [0.29, 0.717) is 37.1 Å². The van der Waals surface area contributed by atoms with E-state index in [9.17, 15) is 9.59 Å². The van der Waals surface area contributed by atoms with E-state index >= 15 is 0 Å². The number of allylic oxidation sites excluding steroid dienone is 1. The number of ether oxygens (including phenoxy) is 3. The molecule has 3 aromatic rings. The first-order chi connectivity index (χ1) is 16.4. The number of thiazole rings is 1. The number of aromatic nitrogens is 1. The molecule has 1 aromatic heterocycles. The van der Waals surface area contributed by atoms with E-state index in [-0.39, 0.29) is 12.2 Å². The highest BCUT2D eigenvalue weighted by Gasteiger charge is 2.33. The van der Waals surface area contributed by atoms with Crippen LogP contribution in [0.15, 0.2) is 63.5 Å². The Hall–Kier alpha value is -3.36. The molecular formula is C25H23ClN2O5S. The lowest BCUT2D eigenvalue weighted by atomic mass is 9.96. The maximum Gasteiger partial charge on any atom is 0.338 e. The molecule has 2 aromatic carbocycles. The largest absolute Gasteiger partial charge is 0.493 e. The van der Waals surface area contributed by atoms with Crippen LogP contribution in [0.4, 0.5) is 0 Å². The summed E-state index contributed by atoms with van der Waals surface area (Å²) in [4.78, 5) is 31.6. The van der Waals surface area contributed by atoms with Crippen molar-refractivity contribution < 1.29 is 19.0 Å². The predicted octanol–water partition coefficient (Wildman–Crippen LogP) is 3.47. The van der Waals surface area contributed by atoms with Gasteiger partial charge in [0.05, 0.1) is 42.7 Å². The summed E-state index contributed by atoms with van der Waals surface area (Å²) in [5.74, 6) is 0.653. The summed E-state index contributed by atoms with van der Waals surface area (Å²) in [6.45, 7) is 3.71. The lowest BCUT2D eigenvalue weighted by Gasteiger charge is -2.24. The van der Waals surface area contributed by atoms with Crippen LogP contribution in [0.3, 0.4) is 0 Å². The Labute approximate surface area is 205 Å². The summed E-state index contributed by atoms with van der Waals surface area (Å²) in [6, 6.07) is 11.8. The first-order valence-electron chi connectivity index (χ1n) is 10.5. The summed E-state index contributed by atoms with van der Waals surface area (Å²) >= 11 is 7.34. The quantitative estimate of drug-likeness (QED) is 0.486. The second-order valence-electron chi connectivity index (χ2n) is 7.47. The monoisotopic (exact) mass is 498 g/mol. The van der Waals surface area contributed by atoms with Crippen LogP contribution in [0.2, 0.25) is 5.02 Å². The molecule has 7 nitrogen and oxygen atoms in total. The predicted molar refractivity (Wildman–Crippen MR) is 131 cm³/mol. The molecule has 4 rings (SSSR count). The van der Waals surface area contributed by atoms with Gasteiger partial charge in [0.25, 0.3) is 5.56 Å². The molecular weight excluding hydrogens is 476 g/mol. The highest BCUT2D eigenvalue weighted by molar-refractivity contribution is 7.07. The molecule has 0 N–H and O–H groups in total. The molecule has 9 heteroatoms. The minimum Gasteiger partial charge on any atom is -0.493 e. The van der Waals surface area contributed by atoms with Crippen molar-refractivity contribution in [3.63, 3.8) is 0 Å². The number of hydrogen-bond donors (Lipinski definition) is 0. The molecule has 0 aliphatic carbocycles. The summed E-state index contributed by atoms with van der Waals surface area (Å²) < 4.78 is 18.0. The van der Waals surface area contributed by atoms with E-state index in [1.165, 1.54) is 11.3 Å². The van der Waals surface area contributed by atoms with Crippen molar-refractivity contribution >= 4 is 35.0 Å². The van der Waals surface area contributed by atoms with Crippen molar-refractivity contribution in [2.45, 2.75) is 19.9 Å². The average Bonchev–Trinajstić information content (AvgIpc) is 3.13. The van der Waals surface area contributed by atoms with Gasteiger partial charge in [0.1, 0.15) is 0 Å². The Morgan fingerprint density at radius 1 is 1.15 bits per heavy atom. The number of fused-ring (bicyclic) bond motifs is 1. The molecule has 1 aliphatic rings. The number of halogens is 1. The van der Waals surface area contributed by atoms with Gasteiger partial charge in [-0.1, -0.05) is 41.1 Å². The molecule has 0 bridgehead atoms. The third kappa shape index (κ3) is 4.38. The summed E-state index contributed by atoms with van der Waals surface area (Å²) in [5, 5.41) is 0.558. The van der Waals surface area contributed by atoms with Gasteiger partial charge < -0.3 is 14.2 Å². The van der Waals surface area contributed by atoms with Crippen LogP contribution in [-0.2, 0) is 9.53 Å². The van der Waals surface area contributed by atoms with Gasteiger partial charge in [-0.2, -0.15) is 0 Å². The first-order valence-corrected chi connectivity index (χ1v) is 11.7. The van der Waals surface area contributed by atoms with Crippen molar-refractivity contribution in [2.75, 3.05) is 20.8 Å². The van der Waals surface area contributed by atoms with E-state index in [1.54, 1.807) is 75.1 Å². The van der Waals surface area contributed by atoms with Crippen LogP contribution < -0.4 is 24.4 Å². The Morgan fingerprint density at radius 3 is 2.50 bits per heavy atom. The van der Waals surface area contributed by atoms with Gasteiger partial charge in [-0.05, 0) is 55.3 Å². The van der Waals surface area contributed by atoms with E-state index in [4.69, 9.17) is 25.8 Å². The molecule has 0 unspecified atom stereocenters. The SMILES string of the molecule is CCOC(=O)C1=C(C)N=c2s/c(=C/c3ccc(OC)c(OC)c3)c(=O)n2[C@H]1c1ccc(Cl)cc1. The van der Waals surface area contributed by atoms with Crippen molar-refractivity contribution in [2.24, 2.45) is 4.99 Å². The first kappa shape index (κ1) is 23.8. The molecule has 0 radical (unpaired) electrons. The number of rotatable bonds is 6. The third-order valence-electron chi connectivity index (χ3n) is 5.41. The van der Waals surface area contributed by atoms with Gasteiger partial charge in [0, 0.05) is 5.02 Å². The number of nitrogens with zero attached hydrogens (tertiary/aromatic N) is 2. The van der Waals surface area contributed by atoms with Crippen molar-refractivity contribution in [3.05, 3.63) is 89.6 Å². The molecule has 1 atom stereocenters. The molecule has 2 heterocycles. The van der Waals surface area contributed by atoms with Crippen LogP contribution in [0.1, 0.15) is 31.0 Å². The number of carbonyl (C=O) groups is 1. The van der Waals surface area contributed by atoms with Crippen molar-refractivity contribution in [3.8, 4) is 11.5 Å². The van der Waals surface area contributed by atoms with E-state index < -0.39 is 12.0 Å². The van der Waals surface area contributed by atoms with Crippen LogP contribution in [0, 0.1) is 0 Å².